The second-order valence-corrected chi connectivity index (χ2v) is 5.94. The summed E-state index contributed by atoms with van der Waals surface area (Å²) in [5, 5.41) is 0.112. The number of hydrogen-bond donors (Lipinski definition) is 0. The van der Waals surface area contributed by atoms with Crippen LogP contribution in [0.4, 0.5) is 5.69 Å². The molecule has 114 valence electrons. The molecule has 1 amide bonds. The molecule has 1 aliphatic heterocycles. The number of anilines is 1. The van der Waals surface area contributed by atoms with Crippen LogP contribution >= 0.6 is 23.2 Å². The van der Waals surface area contributed by atoms with E-state index in [0.29, 0.717) is 11.6 Å². The normalized spacial score (nSPS) is 20.7. The van der Waals surface area contributed by atoms with Crippen molar-refractivity contribution >= 4 is 34.8 Å². The van der Waals surface area contributed by atoms with Crippen molar-refractivity contribution in [2.45, 2.75) is 18.3 Å². The third kappa shape index (κ3) is 2.67. The molecule has 0 aliphatic carbocycles. The number of β-lactam (4-membered cyclic amide) rings is 1. The van der Waals surface area contributed by atoms with Gasteiger partial charge in [0.25, 0.3) is 0 Å². The molecule has 0 aromatic heterocycles. The van der Waals surface area contributed by atoms with Crippen LogP contribution in [-0.4, -0.2) is 17.9 Å². The second-order valence-electron chi connectivity index (χ2n) is 5.03. The molecule has 1 fully saturated rings. The maximum absolute atomic E-state index is 12.2. The predicted octanol–water partition coefficient (Wildman–Crippen LogP) is 4.43. The van der Waals surface area contributed by atoms with Crippen molar-refractivity contribution in [1.29, 1.82) is 0 Å². The summed E-state index contributed by atoms with van der Waals surface area (Å²) in [6.45, 7) is 2.54. The van der Waals surface area contributed by atoms with Crippen molar-refractivity contribution in [1.82, 2.24) is 0 Å². The van der Waals surface area contributed by atoms with E-state index in [9.17, 15) is 4.79 Å². The lowest BCUT2D eigenvalue weighted by atomic mass is 9.92. The van der Waals surface area contributed by atoms with Crippen LogP contribution in [0.1, 0.15) is 18.5 Å². The van der Waals surface area contributed by atoms with Gasteiger partial charge in [0.15, 0.2) is 0 Å². The van der Waals surface area contributed by atoms with E-state index in [2.05, 4.69) is 0 Å². The van der Waals surface area contributed by atoms with Gasteiger partial charge in [-0.3, -0.25) is 4.79 Å². The van der Waals surface area contributed by atoms with Crippen molar-refractivity contribution in [3.63, 3.8) is 0 Å². The van der Waals surface area contributed by atoms with Gasteiger partial charge in [-0.25, -0.2) is 0 Å². The number of rotatable bonds is 4. The molecule has 3 rings (SSSR count). The van der Waals surface area contributed by atoms with Crippen molar-refractivity contribution < 1.29 is 9.53 Å². The van der Waals surface area contributed by atoms with E-state index in [4.69, 9.17) is 27.9 Å². The number of nitrogens with zero attached hydrogens (tertiary/aromatic N) is 1. The summed E-state index contributed by atoms with van der Waals surface area (Å²) in [6.07, 6.45) is 0. The Bertz CT molecular complexity index is 670. The van der Waals surface area contributed by atoms with Gasteiger partial charge >= 0.3 is 0 Å². The lowest BCUT2D eigenvalue weighted by Crippen LogP contribution is -2.56. The summed E-state index contributed by atoms with van der Waals surface area (Å²) < 4.78 is 5.42. The maximum atomic E-state index is 12.2. The van der Waals surface area contributed by atoms with Crippen LogP contribution in [0.3, 0.4) is 0 Å². The van der Waals surface area contributed by atoms with Gasteiger partial charge in [0, 0.05) is 10.7 Å². The molecule has 1 aliphatic rings. The van der Waals surface area contributed by atoms with Crippen molar-refractivity contribution in [2.24, 2.45) is 0 Å². The highest BCUT2D eigenvalue weighted by molar-refractivity contribution is 6.37. The van der Waals surface area contributed by atoms with Crippen molar-refractivity contribution in [3.8, 4) is 5.75 Å². The largest absolute Gasteiger partial charge is 0.494 e. The first-order chi connectivity index (χ1) is 10.6. The Morgan fingerprint density at radius 2 is 1.73 bits per heavy atom. The first-order valence-corrected chi connectivity index (χ1v) is 7.88. The molecule has 5 heteroatoms. The van der Waals surface area contributed by atoms with E-state index in [1.807, 2.05) is 43.3 Å². The topological polar surface area (TPSA) is 29.5 Å². The zero-order valence-corrected chi connectivity index (χ0v) is 13.5. The van der Waals surface area contributed by atoms with Crippen LogP contribution in [0.2, 0.25) is 5.02 Å². The average Bonchev–Trinajstić information content (AvgIpc) is 2.54. The number of carbonyl (C=O) groups is 1. The highest BCUT2D eigenvalue weighted by Crippen LogP contribution is 2.42. The number of halogens is 2. The monoisotopic (exact) mass is 335 g/mol. The molecular formula is C17H15Cl2NO2. The Morgan fingerprint density at radius 1 is 1.09 bits per heavy atom. The van der Waals surface area contributed by atoms with Gasteiger partial charge in [-0.15, -0.1) is 11.6 Å². The molecule has 0 N–H and O–H groups in total. The molecule has 0 spiro atoms. The van der Waals surface area contributed by atoms with E-state index in [1.54, 1.807) is 17.0 Å². The zero-order valence-electron chi connectivity index (χ0n) is 12.0. The number of carbonyl (C=O) groups excluding carboxylic acids is 1. The van der Waals surface area contributed by atoms with Gasteiger partial charge in [-0.1, -0.05) is 23.7 Å². The SMILES string of the molecule is CCOc1ccc(N2C(=O)C(Cl)C2c2ccc(Cl)cc2)cc1. The van der Waals surface area contributed by atoms with Crippen LogP contribution in [0.25, 0.3) is 0 Å². The first-order valence-electron chi connectivity index (χ1n) is 7.07. The third-order valence-electron chi connectivity index (χ3n) is 3.67. The van der Waals surface area contributed by atoms with Crippen molar-refractivity contribution in [2.75, 3.05) is 11.5 Å². The fourth-order valence-corrected chi connectivity index (χ4v) is 3.08. The summed E-state index contributed by atoms with van der Waals surface area (Å²) in [6, 6.07) is 14.7. The Hall–Kier alpha value is -1.71. The number of benzene rings is 2. The number of hydrogen-bond acceptors (Lipinski definition) is 2. The van der Waals surface area contributed by atoms with Crippen LogP contribution in [-0.2, 0) is 4.79 Å². The zero-order chi connectivity index (χ0) is 15.7. The highest BCUT2D eigenvalue weighted by Gasteiger charge is 2.47. The smallest absolute Gasteiger partial charge is 0.248 e. The van der Waals surface area contributed by atoms with Crippen LogP contribution in [0.5, 0.6) is 5.75 Å². The van der Waals surface area contributed by atoms with Crippen LogP contribution < -0.4 is 9.64 Å². The molecule has 2 atom stereocenters. The molecule has 1 heterocycles. The lowest BCUT2D eigenvalue weighted by Gasteiger charge is -2.44. The molecular weight excluding hydrogens is 321 g/mol. The van der Waals surface area contributed by atoms with E-state index >= 15 is 0 Å². The fourth-order valence-electron chi connectivity index (χ4n) is 2.59. The van der Waals surface area contributed by atoms with E-state index in [0.717, 1.165) is 17.0 Å². The number of amides is 1. The van der Waals surface area contributed by atoms with Crippen molar-refractivity contribution in [3.05, 3.63) is 59.1 Å². The summed E-state index contributed by atoms with van der Waals surface area (Å²) in [5.74, 6) is 0.690. The van der Waals surface area contributed by atoms with Gasteiger partial charge in [0.1, 0.15) is 11.1 Å². The summed E-state index contributed by atoms with van der Waals surface area (Å²) in [7, 11) is 0. The Kier molecular flexibility index (Phi) is 4.27. The minimum atomic E-state index is -0.548. The number of alkyl halides is 1. The summed E-state index contributed by atoms with van der Waals surface area (Å²) >= 11 is 12.1. The van der Waals surface area contributed by atoms with Crippen LogP contribution in [0.15, 0.2) is 48.5 Å². The molecule has 2 unspecified atom stereocenters. The van der Waals surface area contributed by atoms with Crippen LogP contribution in [0, 0.1) is 0 Å². The van der Waals surface area contributed by atoms with E-state index in [1.165, 1.54) is 0 Å². The molecule has 3 nitrogen and oxygen atoms in total. The minimum absolute atomic E-state index is 0.0919. The summed E-state index contributed by atoms with van der Waals surface area (Å²) in [5.41, 5.74) is 1.78. The molecule has 22 heavy (non-hydrogen) atoms. The van der Waals surface area contributed by atoms with Gasteiger partial charge in [0.05, 0.1) is 12.6 Å². The Morgan fingerprint density at radius 3 is 2.32 bits per heavy atom. The third-order valence-corrected chi connectivity index (χ3v) is 4.34. The molecule has 0 saturated carbocycles. The Labute approximate surface area is 139 Å². The molecule has 2 aromatic carbocycles. The minimum Gasteiger partial charge on any atom is -0.494 e. The fraction of sp³-hybridized carbons (Fsp3) is 0.235. The molecule has 1 saturated heterocycles. The first kappa shape index (κ1) is 15.2. The van der Waals surface area contributed by atoms with Gasteiger partial charge < -0.3 is 9.64 Å². The van der Waals surface area contributed by atoms with Gasteiger partial charge in [-0.2, -0.15) is 0 Å². The second kappa shape index (κ2) is 6.19. The maximum Gasteiger partial charge on any atom is 0.248 e. The van der Waals surface area contributed by atoms with E-state index in [-0.39, 0.29) is 11.9 Å². The quantitative estimate of drug-likeness (QED) is 0.610. The number of ether oxygens (including phenoxy) is 1. The van der Waals surface area contributed by atoms with Gasteiger partial charge in [0.2, 0.25) is 5.91 Å². The standard InChI is InChI=1S/C17H15Cl2NO2/c1-2-22-14-9-7-13(8-10-14)20-16(15(19)17(20)21)11-3-5-12(18)6-4-11/h3-10,15-16H,2H2,1H3. The Balaban J connectivity index is 1.87. The summed E-state index contributed by atoms with van der Waals surface area (Å²) in [4.78, 5) is 13.9. The highest BCUT2D eigenvalue weighted by atomic mass is 35.5. The average molecular weight is 336 g/mol. The molecule has 0 bridgehead atoms. The molecule has 2 aromatic rings. The van der Waals surface area contributed by atoms with E-state index < -0.39 is 5.38 Å². The lowest BCUT2D eigenvalue weighted by molar-refractivity contribution is -0.123. The predicted molar refractivity (Wildman–Crippen MR) is 88.9 cm³/mol. The molecule has 0 radical (unpaired) electrons. The van der Waals surface area contributed by atoms with Gasteiger partial charge in [-0.05, 0) is 48.9 Å².